The third-order valence-electron chi connectivity index (χ3n) is 2.22. The summed E-state index contributed by atoms with van der Waals surface area (Å²) in [6.07, 6.45) is 0. The Bertz CT molecular complexity index is 578. The minimum atomic E-state index is -1.48. The highest BCUT2D eigenvalue weighted by Gasteiger charge is 2.08. The van der Waals surface area contributed by atoms with Crippen LogP contribution in [0.5, 0.6) is 0 Å². The molecule has 0 bridgehead atoms. The number of carbonyl (C=O) groups is 2. The maximum absolute atomic E-state index is 10.4. The summed E-state index contributed by atoms with van der Waals surface area (Å²) in [6.45, 7) is 0. The average Bonchev–Trinajstić information content (AvgIpc) is 2.39. The molecule has 0 aliphatic rings. The summed E-state index contributed by atoms with van der Waals surface area (Å²) in [5.74, 6) is -1.57. The van der Waals surface area contributed by atoms with Gasteiger partial charge in [-0.1, -0.05) is 18.2 Å². The lowest BCUT2D eigenvalue weighted by Gasteiger charge is -2.04. The van der Waals surface area contributed by atoms with Gasteiger partial charge in [-0.15, -0.1) is 0 Å². The highest BCUT2D eigenvalue weighted by atomic mass is 16.4. The standard InChI is InChI=1S/C8H6O4.C5H7N3/c9-7(10)5-3-1-2-4-6(5)8(11)12;6-4-2-1-3-5(7)8-4/h1-4H,(H,9,10)(H,11,12);1-3H,(H4,6,7,8). The Kier molecular flexibility index (Phi) is 5.04. The summed E-state index contributed by atoms with van der Waals surface area (Å²) in [5, 5.41) is 18.9. The molecule has 6 N–H and O–H groups in total. The van der Waals surface area contributed by atoms with Crippen LogP contribution in [0.2, 0.25) is 0 Å². The van der Waals surface area contributed by atoms with Gasteiger partial charge < -0.3 is 26.5 Å². The van der Waals surface area contributed by atoms with Gasteiger partial charge in [0.15, 0.2) is 0 Å². The number of pyridine rings is 1. The van der Waals surface area contributed by atoms with E-state index in [0.29, 0.717) is 11.6 Å². The molecule has 7 heteroatoms. The SMILES string of the molecule is Nc1cccc(N)[nH+]1.O=C([O-])c1ccccc1C(=O)O. The normalized spacial score (nSPS) is 9.20. The third-order valence-corrected chi connectivity index (χ3v) is 2.22. The molecule has 0 unspecified atom stereocenters. The van der Waals surface area contributed by atoms with Gasteiger partial charge in [0.05, 0.1) is 11.5 Å². The van der Waals surface area contributed by atoms with Crippen molar-refractivity contribution in [2.24, 2.45) is 0 Å². The second-order valence-corrected chi connectivity index (χ2v) is 3.70. The number of carbonyl (C=O) groups excluding carboxylic acids is 1. The fourth-order valence-electron chi connectivity index (χ4n) is 1.35. The van der Waals surface area contributed by atoms with Gasteiger partial charge in [-0.3, -0.25) is 0 Å². The number of nitrogens with two attached hydrogens (primary N) is 2. The Morgan fingerprint density at radius 1 is 0.950 bits per heavy atom. The summed E-state index contributed by atoms with van der Waals surface area (Å²) in [4.78, 5) is 23.5. The number of benzene rings is 1. The third kappa shape index (κ3) is 4.30. The van der Waals surface area contributed by atoms with Crippen molar-refractivity contribution in [1.29, 1.82) is 0 Å². The number of anilines is 2. The van der Waals surface area contributed by atoms with Crippen molar-refractivity contribution in [2.45, 2.75) is 0 Å². The number of aromatic amines is 1. The molecule has 20 heavy (non-hydrogen) atoms. The van der Waals surface area contributed by atoms with Gasteiger partial charge in [0, 0.05) is 17.7 Å². The van der Waals surface area contributed by atoms with E-state index < -0.39 is 11.9 Å². The number of hydrogen-bond acceptors (Lipinski definition) is 5. The molecule has 2 rings (SSSR count). The molecule has 2 aromatic rings. The van der Waals surface area contributed by atoms with Crippen LogP contribution in [-0.2, 0) is 0 Å². The van der Waals surface area contributed by atoms with Crippen molar-refractivity contribution in [2.75, 3.05) is 11.5 Å². The molecule has 0 radical (unpaired) electrons. The minimum Gasteiger partial charge on any atom is -0.545 e. The molecule has 0 spiro atoms. The van der Waals surface area contributed by atoms with Crippen LogP contribution in [0.4, 0.5) is 11.6 Å². The molecule has 0 amide bonds. The van der Waals surface area contributed by atoms with Crippen LogP contribution < -0.4 is 21.6 Å². The number of nitrogen functional groups attached to an aromatic ring is 2. The van der Waals surface area contributed by atoms with E-state index in [1.807, 2.05) is 0 Å². The Balaban J connectivity index is 0.000000217. The van der Waals surface area contributed by atoms with Crippen molar-refractivity contribution >= 4 is 23.6 Å². The van der Waals surface area contributed by atoms with Gasteiger partial charge in [-0.25, -0.2) is 9.78 Å². The van der Waals surface area contributed by atoms with E-state index in [1.165, 1.54) is 24.3 Å². The zero-order chi connectivity index (χ0) is 15.1. The zero-order valence-electron chi connectivity index (χ0n) is 10.4. The quantitative estimate of drug-likeness (QED) is 0.668. The number of nitrogens with one attached hydrogen (secondary N) is 1. The lowest BCUT2D eigenvalue weighted by Crippen LogP contribution is -2.24. The van der Waals surface area contributed by atoms with E-state index in [-0.39, 0.29) is 11.1 Å². The van der Waals surface area contributed by atoms with Gasteiger partial charge in [0.2, 0.25) is 11.6 Å². The van der Waals surface area contributed by atoms with Crippen molar-refractivity contribution in [3.63, 3.8) is 0 Å². The predicted octanol–water partition coefficient (Wildman–Crippen LogP) is -0.587. The van der Waals surface area contributed by atoms with E-state index in [2.05, 4.69) is 4.98 Å². The second-order valence-electron chi connectivity index (χ2n) is 3.70. The van der Waals surface area contributed by atoms with Crippen LogP contribution in [0.25, 0.3) is 0 Å². The van der Waals surface area contributed by atoms with Crippen LogP contribution in [0.15, 0.2) is 42.5 Å². The Hall–Kier alpha value is -3.09. The number of rotatable bonds is 2. The summed E-state index contributed by atoms with van der Waals surface area (Å²) in [6, 6.07) is 10.6. The fourth-order valence-corrected chi connectivity index (χ4v) is 1.35. The molecule has 0 aliphatic heterocycles. The second kappa shape index (κ2) is 6.74. The number of H-pyrrole nitrogens is 1. The molecule has 0 atom stereocenters. The number of aromatic nitrogens is 1. The van der Waals surface area contributed by atoms with Gasteiger partial charge in [-0.05, 0) is 12.1 Å². The fraction of sp³-hybridized carbons (Fsp3) is 0. The van der Waals surface area contributed by atoms with Crippen LogP contribution in [0.3, 0.4) is 0 Å². The monoisotopic (exact) mass is 275 g/mol. The van der Waals surface area contributed by atoms with Gasteiger partial charge in [0.1, 0.15) is 0 Å². The largest absolute Gasteiger partial charge is 0.545 e. The van der Waals surface area contributed by atoms with Crippen LogP contribution in [-0.4, -0.2) is 17.0 Å². The first kappa shape index (κ1) is 15.0. The number of carboxylic acids is 2. The highest BCUT2D eigenvalue weighted by molar-refractivity contribution is 6.00. The van der Waals surface area contributed by atoms with Crippen molar-refractivity contribution < 1.29 is 24.8 Å². The summed E-state index contributed by atoms with van der Waals surface area (Å²) < 4.78 is 0. The Morgan fingerprint density at radius 2 is 1.45 bits per heavy atom. The van der Waals surface area contributed by atoms with Crippen molar-refractivity contribution in [3.05, 3.63) is 53.6 Å². The molecule has 0 fully saturated rings. The van der Waals surface area contributed by atoms with E-state index in [1.54, 1.807) is 18.2 Å². The lowest BCUT2D eigenvalue weighted by molar-refractivity contribution is -0.342. The maximum Gasteiger partial charge on any atom is 0.336 e. The number of carboxylic acid groups (broad SMARTS) is 2. The van der Waals surface area contributed by atoms with Crippen molar-refractivity contribution in [3.8, 4) is 0 Å². The summed E-state index contributed by atoms with van der Waals surface area (Å²) in [5.41, 5.74) is 10.1. The van der Waals surface area contributed by atoms with E-state index in [9.17, 15) is 14.7 Å². The molecule has 0 saturated carbocycles. The van der Waals surface area contributed by atoms with E-state index >= 15 is 0 Å². The van der Waals surface area contributed by atoms with Crippen molar-refractivity contribution in [1.82, 2.24) is 0 Å². The molecular formula is C13H13N3O4. The zero-order valence-corrected chi connectivity index (χ0v) is 10.4. The maximum atomic E-state index is 10.4. The average molecular weight is 275 g/mol. The van der Waals surface area contributed by atoms with E-state index in [0.717, 1.165) is 0 Å². The summed E-state index contributed by atoms with van der Waals surface area (Å²) >= 11 is 0. The smallest absolute Gasteiger partial charge is 0.336 e. The molecule has 104 valence electrons. The summed E-state index contributed by atoms with van der Waals surface area (Å²) in [7, 11) is 0. The topological polar surface area (TPSA) is 144 Å². The highest BCUT2D eigenvalue weighted by Crippen LogP contribution is 2.06. The Labute approximate surface area is 114 Å². The van der Waals surface area contributed by atoms with Crippen LogP contribution in [0.1, 0.15) is 20.7 Å². The first-order valence-electron chi connectivity index (χ1n) is 5.48. The lowest BCUT2D eigenvalue weighted by atomic mass is 10.1. The number of aromatic carboxylic acids is 2. The van der Waals surface area contributed by atoms with Gasteiger partial charge in [0.25, 0.3) is 0 Å². The van der Waals surface area contributed by atoms with Gasteiger partial charge >= 0.3 is 5.97 Å². The molecule has 1 heterocycles. The first-order chi connectivity index (χ1) is 9.41. The van der Waals surface area contributed by atoms with Gasteiger partial charge in [-0.2, -0.15) is 0 Å². The van der Waals surface area contributed by atoms with Crippen LogP contribution >= 0.6 is 0 Å². The Morgan fingerprint density at radius 3 is 1.75 bits per heavy atom. The molecular weight excluding hydrogens is 262 g/mol. The first-order valence-corrected chi connectivity index (χ1v) is 5.48. The minimum absolute atomic E-state index is 0.252. The molecule has 0 aliphatic carbocycles. The van der Waals surface area contributed by atoms with E-state index in [4.69, 9.17) is 16.6 Å². The molecule has 1 aromatic heterocycles. The molecule has 1 aromatic carbocycles. The molecule has 7 nitrogen and oxygen atoms in total. The molecule has 0 saturated heterocycles. The number of hydrogen-bond donors (Lipinski definition) is 3. The van der Waals surface area contributed by atoms with Crippen LogP contribution in [0, 0.1) is 0 Å². The predicted molar refractivity (Wildman–Crippen MR) is 69.6 cm³/mol.